The number of fused-ring (bicyclic) bond motifs is 1. The van der Waals surface area contributed by atoms with Crippen LogP contribution >= 0.6 is 15.9 Å². The number of hydrogen-bond acceptors (Lipinski definition) is 2. The Morgan fingerprint density at radius 2 is 2.13 bits per heavy atom. The van der Waals surface area contributed by atoms with Crippen molar-refractivity contribution in [3.8, 4) is 0 Å². The van der Waals surface area contributed by atoms with E-state index in [1.807, 2.05) is 0 Å². The van der Waals surface area contributed by atoms with Gasteiger partial charge in [-0.1, -0.05) is 15.9 Å². The van der Waals surface area contributed by atoms with Gasteiger partial charge in [-0.2, -0.15) is 0 Å². The molecule has 82 valence electrons. The van der Waals surface area contributed by atoms with E-state index in [0.717, 1.165) is 17.6 Å². The van der Waals surface area contributed by atoms with E-state index < -0.39 is 0 Å². The maximum atomic E-state index is 3.57. The second-order valence-corrected chi connectivity index (χ2v) is 5.78. The fourth-order valence-electron chi connectivity index (χ4n) is 2.14. The minimum absolute atomic E-state index is 0.167. The van der Waals surface area contributed by atoms with Crippen LogP contribution in [0.5, 0.6) is 0 Å². The summed E-state index contributed by atoms with van der Waals surface area (Å²) in [4.78, 5) is 2.32. The lowest BCUT2D eigenvalue weighted by molar-refractivity contribution is 0.401. The molecular weight excluding hydrogens is 252 g/mol. The van der Waals surface area contributed by atoms with Crippen LogP contribution in [-0.2, 0) is 6.54 Å². The molecule has 2 rings (SSSR count). The highest BCUT2D eigenvalue weighted by Crippen LogP contribution is 2.27. The predicted octanol–water partition coefficient (Wildman–Crippen LogP) is 2.77. The van der Waals surface area contributed by atoms with Crippen LogP contribution in [0.15, 0.2) is 22.7 Å². The molecule has 0 atom stereocenters. The van der Waals surface area contributed by atoms with Crippen molar-refractivity contribution >= 4 is 21.6 Å². The molecular formula is C12H17BrN2. The number of rotatable bonds is 0. The Balaban J connectivity index is 2.39. The lowest BCUT2D eigenvalue weighted by Gasteiger charge is -2.29. The Kier molecular flexibility index (Phi) is 2.77. The molecule has 1 aromatic rings. The van der Waals surface area contributed by atoms with E-state index in [-0.39, 0.29) is 5.54 Å². The molecule has 1 aliphatic rings. The molecule has 1 heterocycles. The molecule has 1 aliphatic heterocycles. The average molecular weight is 269 g/mol. The Bertz CT molecular complexity index is 374. The van der Waals surface area contributed by atoms with Gasteiger partial charge >= 0.3 is 0 Å². The highest BCUT2D eigenvalue weighted by Gasteiger charge is 2.24. The molecule has 0 aliphatic carbocycles. The molecule has 15 heavy (non-hydrogen) atoms. The van der Waals surface area contributed by atoms with Gasteiger partial charge in [-0.15, -0.1) is 0 Å². The monoisotopic (exact) mass is 268 g/mol. The topological polar surface area (TPSA) is 15.3 Å². The third kappa shape index (κ3) is 2.34. The minimum atomic E-state index is 0.167. The van der Waals surface area contributed by atoms with Crippen LogP contribution in [0.4, 0.5) is 5.69 Å². The number of hydrogen-bond donors (Lipinski definition) is 1. The summed E-state index contributed by atoms with van der Waals surface area (Å²) in [5.41, 5.74) is 2.86. The third-order valence-electron chi connectivity index (χ3n) is 2.84. The largest absolute Gasteiger partial charge is 0.373 e. The second kappa shape index (κ2) is 3.80. The van der Waals surface area contributed by atoms with Crippen LogP contribution in [0.25, 0.3) is 0 Å². The maximum Gasteiger partial charge on any atom is 0.0410 e. The first-order valence-corrected chi connectivity index (χ1v) is 6.02. The lowest BCUT2D eigenvalue weighted by Crippen LogP contribution is -2.45. The van der Waals surface area contributed by atoms with Crippen molar-refractivity contribution in [1.82, 2.24) is 5.32 Å². The Morgan fingerprint density at radius 1 is 1.40 bits per heavy atom. The van der Waals surface area contributed by atoms with E-state index in [1.165, 1.54) is 11.3 Å². The SMILES string of the molecule is CN1CC(C)(C)NCc2cc(Br)ccc21. The van der Waals surface area contributed by atoms with Gasteiger partial charge in [-0.25, -0.2) is 0 Å². The van der Waals surface area contributed by atoms with E-state index in [2.05, 4.69) is 65.2 Å². The molecule has 3 heteroatoms. The number of nitrogens with zero attached hydrogens (tertiary/aromatic N) is 1. The molecule has 0 saturated carbocycles. The van der Waals surface area contributed by atoms with Crippen molar-refractivity contribution in [1.29, 1.82) is 0 Å². The van der Waals surface area contributed by atoms with Crippen molar-refractivity contribution in [3.05, 3.63) is 28.2 Å². The highest BCUT2D eigenvalue weighted by molar-refractivity contribution is 9.10. The molecule has 2 nitrogen and oxygen atoms in total. The van der Waals surface area contributed by atoms with E-state index in [9.17, 15) is 0 Å². The Hall–Kier alpha value is -0.540. The van der Waals surface area contributed by atoms with Crippen LogP contribution in [0.2, 0.25) is 0 Å². The van der Waals surface area contributed by atoms with Crippen molar-refractivity contribution in [2.24, 2.45) is 0 Å². The first-order valence-electron chi connectivity index (χ1n) is 5.22. The van der Waals surface area contributed by atoms with E-state index >= 15 is 0 Å². The molecule has 0 spiro atoms. The third-order valence-corrected chi connectivity index (χ3v) is 3.34. The first-order chi connectivity index (χ1) is 6.98. The number of benzene rings is 1. The summed E-state index contributed by atoms with van der Waals surface area (Å²) in [6, 6.07) is 6.48. The maximum absolute atomic E-state index is 3.57. The molecule has 0 radical (unpaired) electrons. The molecule has 0 aromatic heterocycles. The van der Waals surface area contributed by atoms with E-state index in [1.54, 1.807) is 0 Å². The molecule has 0 bridgehead atoms. The van der Waals surface area contributed by atoms with E-state index in [4.69, 9.17) is 0 Å². The van der Waals surface area contributed by atoms with Gasteiger partial charge < -0.3 is 10.2 Å². The van der Waals surface area contributed by atoms with Gasteiger partial charge in [-0.3, -0.25) is 0 Å². The summed E-state index contributed by atoms with van der Waals surface area (Å²) >= 11 is 3.52. The van der Waals surface area contributed by atoms with Crippen molar-refractivity contribution in [3.63, 3.8) is 0 Å². The Labute approximate surface area is 99.8 Å². The quantitative estimate of drug-likeness (QED) is 0.779. The summed E-state index contributed by atoms with van der Waals surface area (Å²) in [7, 11) is 2.15. The van der Waals surface area contributed by atoms with Gasteiger partial charge in [0.15, 0.2) is 0 Å². The zero-order valence-corrected chi connectivity index (χ0v) is 11.1. The summed E-state index contributed by atoms with van der Waals surface area (Å²) < 4.78 is 1.15. The summed E-state index contributed by atoms with van der Waals surface area (Å²) in [6.07, 6.45) is 0. The zero-order chi connectivity index (χ0) is 11.1. The van der Waals surface area contributed by atoms with Gasteiger partial charge in [0, 0.05) is 35.8 Å². The van der Waals surface area contributed by atoms with Gasteiger partial charge in [0.05, 0.1) is 0 Å². The van der Waals surface area contributed by atoms with Gasteiger partial charge in [0.2, 0.25) is 0 Å². The van der Waals surface area contributed by atoms with Crippen LogP contribution in [0, 0.1) is 0 Å². The molecule has 1 aromatic carbocycles. The summed E-state index contributed by atoms with van der Waals surface area (Å²) in [5, 5.41) is 3.57. The molecule has 1 N–H and O–H groups in total. The standard InChI is InChI=1S/C12H17BrN2/c1-12(2)8-15(3)11-5-4-10(13)6-9(11)7-14-12/h4-6,14H,7-8H2,1-3H3. The second-order valence-electron chi connectivity index (χ2n) is 4.87. The van der Waals surface area contributed by atoms with E-state index in [0.29, 0.717) is 0 Å². The summed E-state index contributed by atoms with van der Waals surface area (Å²) in [5.74, 6) is 0. The van der Waals surface area contributed by atoms with Gasteiger partial charge in [0.1, 0.15) is 0 Å². The molecule has 0 amide bonds. The fourth-order valence-corrected chi connectivity index (χ4v) is 2.55. The summed E-state index contributed by atoms with van der Waals surface area (Å²) in [6.45, 7) is 6.45. The lowest BCUT2D eigenvalue weighted by atomic mass is 10.1. The van der Waals surface area contributed by atoms with Crippen LogP contribution in [-0.4, -0.2) is 19.1 Å². The minimum Gasteiger partial charge on any atom is -0.373 e. The normalized spacial score (nSPS) is 19.6. The van der Waals surface area contributed by atoms with Crippen molar-refractivity contribution < 1.29 is 0 Å². The predicted molar refractivity (Wildman–Crippen MR) is 68.3 cm³/mol. The van der Waals surface area contributed by atoms with Crippen LogP contribution in [0.1, 0.15) is 19.4 Å². The number of halogens is 1. The fraction of sp³-hybridized carbons (Fsp3) is 0.500. The number of nitrogens with one attached hydrogen (secondary N) is 1. The highest BCUT2D eigenvalue weighted by atomic mass is 79.9. The first kappa shape index (κ1) is 11.0. The molecule has 0 saturated heterocycles. The van der Waals surface area contributed by atoms with Crippen LogP contribution < -0.4 is 10.2 Å². The molecule has 0 unspecified atom stereocenters. The number of likely N-dealkylation sites (N-methyl/N-ethyl adjacent to an activating group) is 1. The average Bonchev–Trinajstić information content (AvgIpc) is 2.23. The van der Waals surface area contributed by atoms with Gasteiger partial charge in [-0.05, 0) is 37.6 Å². The van der Waals surface area contributed by atoms with Crippen molar-refractivity contribution in [2.45, 2.75) is 25.9 Å². The van der Waals surface area contributed by atoms with Crippen molar-refractivity contribution in [2.75, 3.05) is 18.5 Å². The number of anilines is 1. The Morgan fingerprint density at radius 3 is 2.87 bits per heavy atom. The zero-order valence-electron chi connectivity index (χ0n) is 9.47. The smallest absolute Gasteiger partial charge is 0.0410 e. The van der Waals surface area contributed by atoms with Crippen LogP contribution in [0.3, 0.4) is 0 Å². The van der Waals surface area contributed by atoms with Gasteiger partial charge in [0.25, 0.3) is 0 Å². The molecule has 0 fully saturated rings.